The predicted octanol–water partition coefficient (Wildman–Crippen LogP) is 4.13. The van der Waals surface area contributed by atoms with Crippen LogP contribution in [0.25, 0.3) is 0 Å². The number of rotatable bonds is 5. The highest BCUT2D eigenvalue weighted by molar-refractivity contribution is 8.24. The summed E-state index contributed by atoms with van der Waals surface area (Å²) in [6.07, 6.45) is -4.26. The van der Waals surface area contributed by atoms with Gasteiger partial charge in [0, 0.05) is 32.1 Å². The molecular formula is C21H27F3N4O6S. The van der Waals surface area contributed by atoms with Crippen molar-refractivity contribution in [2.24, 2.45) is 0 Å². The Morgan fingerprint density at radius 3 is 2.43 bits per heavy atom. The van der Waals surface area contributed by atoms with Crippen molar-refractivity contribution in [3.05, 3.63) is 35.7 Å². The highest BCUT2D eigenvalue weighted by atomic mass is 32.3. The quantitative estimate of drug-likeness (QED) is 0.604. The van der Waals surface area contributed by atoms with Crippen LogP contribution in [0.2, 0.25) is 0 Å². The standard InChI is InChI=1S/C21H27F3N4O6S/c1-2-32-19-25-18(34-26-19)16-11-15(14-3-5-17(6-4-14)33-21(22,23)24)12-28(13-16)20(29)27-7-9-35(30,31)10-8-27/h3-6,15-16,30-31H,2,7-13H2,1H3. The fraction of sp³-hybridized carbons (Fsp3) is 0.571. The monoisotopic (exact) mass is 520 g/mol. The van der Waals surface area contributed by atoms with E-state index in [-0.39, 0.29) is 54.2 Å². The van der Waals surface area contributed by atoms with Crippen LogP contribution in [-0.4, -0.2) is 85.7 Å². The molecule has 0 aliphatic carbocycles. The summed E-state index contributed by atoms with van der Waals surface area (Å²) in [5, 5.41) is 3.80. The molecule has 2 aliphatic rings. The number of hydrogen-bond acceptors (Lipinski definition) is 8. The van der Waals surface area contributed by atoms with E-state index in [4.69, 9.17) is 9.26 Å². The summed E-state index contributed by atoms with van der Waals surface area (Å²) in [6, 6.07) is 5.43. The molecule has 194 valence electrons. The minimum Gasteiger partial charge on any atom is -0.462 e. The van der Waals surface area contributed by atoms with Crippen molar-refractivity contribution in [2.75, 3.05) is 44.3 Å². The molecule has 2 fully saturated rings. The minimum atomic E-state index is -4.78. The van der Waals surface area contributed by atoms with Gasteiger partial charge in [0.05, 0.1) is 24.0 Å². The van der Waals surface area contributed by atoms with Gasteiger partial charge in [-0.3, -0.25) is 9.11 Å². The largest absolute Gasteiger partial charge is 0.573 e. The van der Waals surface area contributed by atoms with Crippen LogP contribution in [0.4, 0.5) is 18.0 Å². The molecule has 0 spiro atoms. The summed E-state index contributed by atoms with van der Waals surface area (Å²) >= 11 is 0. The molecule has 2 aromatic rings. The predicted molar refractivity (Wildman–Crippen MR) is 120 cm³/mol. The van der Waals surface area contributed by atoms with Crippen LogP contribution >= 0.6 is 10.6 Å². The first-order chi connectivity index (χ1) is 16.5. The van der Waals surface area contributed by atoms with Crippen molar-refractivity contribution in [1.82, 2.24) is 19.9 Å². The SMILES string of the molecule is CCOc1noc(C2CC(c3ccc(OC(F)(F)F)cc3)CN(C(=O)N3CCS(O)(O)CC3)C2)n1. The Morgan fingerprint density at radius 1 is 1.14 bits per heavy atom. The van der Waals surface area contributed by atoms with Crippen LogP contribution < -0.4 is 9.47 Å². The van der Waals surface area contributed by atoms with Gasteiger partial charge in [-0.15, -0.1) is 13.2 Å². The first-order valence-electron chi connectivity index (χ1n) is 11.1. The highest BCUT2D eigenvalue weighted by Gasteiger charge is 2.38. The van der Waals surface area contributed by atoms with Gasteiger partial charge in [-0.25, -0.2) is 4.79 Å². The number of carbonyl (C=O) groups is 1. The summed E-state index contributed by atoms with van der Waals surface area (Å²) in [5.41, 5.74) is 0.736. The average Bonchev–Trinajstić information content (AvgIpc) is 3.27. The van der Waals surface area contributed by atoms with E-state index in [0.29, 0.717) is 32.0 Å². The van der Waals surface area contributed by atoms with Crippen LogP contribution in [0.1, 0.15) is 36.6 Å². The molecule has 3 heterocycles. The summed E-state index contributed by atoms with van der Waals surface area (Å²) < 4.78 is 71.9. The third-order valence-electron chi connectivity index (χ3n) is 6.00. The molecule has 2 atom stereocenters. The lowest BCUT2D eigenvalue weighted by Gasteiger charge is -2.44. The van der Waals surface area contributed by atoms with Crippen molar-refractivity contribution >= 4 is 16.6 Å². The van der Waals surface area contributed by atoms with Crippen molar-refractivity contribution < 1.29 is 41.1 Å². The maximum atomic E-state index is 13.3. The maximum Gasteiger partial charge on any atom is 0.573 e. The minimum absolute atomic E-state index is 0.0948. The van der Waals surface area contributed by atoms with Gasteiger partial charge >= 0.3 is 18.4 Å². The molecule has 10 nitrogen and oxygen atoms in total. The second-order valence-electron chi connectivity index (χ2n) is 8.48. The molecule has 2 N–H and O–H groups in total. The molecule has 2 aliphatic heterocycles. The smallest absolute Gasteiger partial charge is 0.462 e. The lowest BCUT2D eigenvalue weighted by atomic mass is 9.84. The average molecular weight is 521 g/mol. The lowest BCUT2D eigenvalue weighted by Crippen LogP contribution is -2.52. The first kappa shape index (κ1) is 25.4. The summed E-state index contributed by atoms with van der Waals surface area (Å²) in [4.78, 5) is 20.8. The number of urea groups is 1. The summed E-state index contributed by atoms with van der Waals surface area (Å²) in [5.74, 6) is -0.308. The summed E-state index contributed by atoms with van der Waals surface area (Å²) in [6.45, 7) is 3.22. The second-order valence-corrected chi connectivity index (χ2v) is 10.9. The fourth-order valence-electron chi connectivity index (χ4n) is 4.31. The molecule has 0 bridgehead atoms. The second kappa shape index (κ2) is 10.1. The van der Waals surface area contributed by atoms with Crippen LogP contribution in [0.5, 0.6) is 11.8 Å². The molecule has 1 aromatic carbocycles. The number of piperidine rings is 1. The molecule has 1 aromatic heterocycles. The van der Waals surface area contributed by atoms with Crippen LogP contribution in [0, 0.1) is 0 Å². The van der Waals surface area contributed by atoms with E-state index in [1.807, 2.05) is 0 Å². The number of carbonyl (C=O) groups excluding carboxylic acids is 1. The summed E-state index contributed by atoms with van der Waals surface area (Å²) in [7, 11) is -2.66. The van der Waals surface area contributed by atoms with Crippen LogP contribution in [0.3, 0.4) is 0 Å². The van der Waals surface area contributed by atoms with Gasteiger partial charge in [0.25, 0.3) is 0 Å². The molecule has 2 saturated heterocycles. The van der Waals surface area contributed by atoms with E-state index < -0.39 is 17.0 Å². The number of halogens is 3. The lowest BCUT2D eigenvalue weighted by molar-refractivity contribution is -0.274. The molecule has 0 radical (unpaired) electrons. The third kappa shape index (κ3) is 6.49. The van der Waals surface area contributed by atoms with E-state index in [2.05, 4.69) is 14.9 Å². The number of hydrogen-bond donors (Lipinski definition) is 2. The van der Waals surface area contributed by atoms with E-state index in [0.717, 1.165) is 5.56 Å². The van der Waals surface area contributed by atoms with Crippen molar-refractivity contribution in [2.45, 2.75) is 31.5 Å². The van der Waals surface area contributed by atoms with Gasteiger partial charge in [0.1, 0.15) is 5.75 Å². The van der Waals surface area contributed by atoms with Gasteiger partial charge in [0.15, 0.2) is 0 Å². The number of aromatic nitrogens is 2. The zero-order valence-corrected chi connectivity index (χ0v) is 19.8. The first-order valence-corrected chi connectivity index (χ1v) is 13.0. The Morgan fingerprint density at radius 2 is 1.80 bits per heavy atom. The molecule has 35 heavy (non-hydrogen) atoms. The van der Waals surface area contributed by atoms with Crippen molar-refractivity contribution in [3.63, 3.8) is 0 Å². The molecular weight excluding hydrogens is 493 g/mol. The number of likely N-dealkylation sites (tertiary alicyclic amines) is 1. The van der Waals surface area contributed by atoms with E-state index in [9.17, 15) is 27.1 Å². The molecule has 14 heteroatoms. The fourth-order valence-corrected chi connectivity index (χ4v) is 5.54. The van der Waals surface area contributed by atoms with Gasteiger partial charge in [-0.1, -0.05) is 12.1 Å². The maximum absolute atomic E-state index is 13.3. The van der Waals surface area contributed by atoms with Crippen molar-refractivity contribution in [1.29, 1.82) is 0 Å². The van der Waals surface area contributed by atoms with Gasteiger partial charge in [-0.05, 0) is 36.2 Å². The normalized spacial score (nSPS) is 23.6. The Bertz CT molecular complexity index is 1010. The highest BCUT2D eigenvalue weighted by Crippen LogP contribution is 2.41. The molecule has 2 amide bonds. The Kier molecular flexibility index (Phi) is 7.33. The number of ether oxygens (including phenoxy) is 2. The number of nitrogens with zero attached hydrogens (tertiary/aromatic N) is 4. The van der Waals surface area contributed by atoms with E-state index in [1.54, 1.807) is 28.9 Å². The third-order valence-corrected chi connectivity index (χ3v) is 7.67. The van der Waals surface area contributed by atoms with Gasteiger partial charge in [0.2, 0.25) is 5.89 Å². The van der Waals surface area contributed by atoms with Gasteiger partial charge in [-0.2, -0.15) is 15.6 Å². The molecule has 4 rings (SSSR count). The molecule has 2 unspecified atom stereocenters. The topological polar surface area (TPSA) is 121 Å². The number of alkyl halides is 3. The number of amides is 2. The Labute approximate surface area is 201 Å². The van der Waals surface area contributed by atoms with Crippen molar-refractivity contribution in [3.8, 4) is 11.8 Å². The zero-order valence-electron chi connectivity index (χ0n) is 19.0. The Hall–Kier alpha value is -2.71. The van der Waals surface area contributed by atoms with E-state index in [1.165, 1.54) is 12.1 Å². The zero-order chi connectivity index (χ0) is 25.2. The Balaban J connectivity index is 1.54. The molecule has 0 saturated carbocycles. The van der Waals surface area contributed by atoms with Crippen LogP contribution in [-0.2, 0) is 0 Å². The number of benzene rings is 1. The van der Waals surface area contributed by atoms with Crippen LogP contribution in [0.15, 0.2) is 28.8 Å². The van der Waals surface area contributed by atoms with E-state index >= 15 is 0 Å². The van der Waals surface area contributed by atoms with Gasteiger partial charge < -0.3 is 23.8 Å².